The van der Waals surface area contributed by atoms with E-state index in [9.17, 15) is 9.59 Å². The molecule has 25 heavy (non-hydrogen) atoms. The number of thioether (sulfide) groups is 1. The van der Waals surface area contributed by atoms with Crippen LogP contribution in [0, 0.1) is 5.92 Å². The molecule has 136 valence electrons. The highest BCUT2D eigenvalue weighted by Crippen LogP contribution is 2.22. The molecule has 2 aromatic rings. The van der Waals surface area contributed by atoms with E-state index < -0.39 is 0 Å². The van der Waals surface area contributed by atoms with E-state index in [2.05, 4.69) is 24.1 Å². The molecule has 1 heterocycles. The van der Waals surface area contributed by atoms with Crippen molar-refractivity contribution in [1.29, 1.82) is 0 Å². The van der Waals surface area contributed by atoms with E-state index in [0.29, 0.717) is 22.0 Å². The van der Waals surface area contributed by atoms with Gasteiger partial charge in [-0.25, -0.2) is 4.98 Å². The number of carbonyl (C=O) groups excluding carboxylic acids is 1. The van der Waals surface area contributed by atoms with Gasteiger partial charge in [0.15, 0.2) is 5.16 Å². The van der Waals surface area contributed by atoms with Crippen LogP contribution in [0.15, 0.2) is 34.2 Å². The van der Waals surface area contributed by atoms with Crippen molar-refractivity contribution in [2.45, 2.75) is 58.3 Å². The van der Waals surface area contributed by atoms with Gasteiger partial charge < -0.3 is 5.32 Å². The Morgan fingerprint density at radius 1 is 1.24 bits per heavy atom. The topological polar surface area (TPSA) is 64.0 Å². The molecule has 0 aliphatic heterocycles. The first-order valence-electron chi connectivity index (χ1n) is 8.78. The number of nitrogens with one attached hydrogen (secondary N) is 1. The molecule has 5 nitrogen and oxygen atoms in total. The summed E-state index contributed by atoms with van der Waals surface area (Å²) in [6.45, 7) is 10.2. The Balaban J connectivity index is 2.30. The number of rotatable bonds is 7. The minimum Gasteiger partial charge on any atom is -0.353 e. The Kier molecular flexibility index (Phi) is 6.64. The first-order valence-corrected chi connectivity index (χ1v) is 9.77. The monoisotopic (exact) mass is 361 g/mol. The van der Waals surface area contributed by atoms with Crippen LogP contribution < -0.4 is 10.9 Å². The number of carbonyl (C=O) groups is 1. The van der Waals surface area contributed by atoms with Crippen LogP contribution in [0.2, 0.25) is 0 Å². The summed E-state index contributed by atoms with van der Waals surface area (Å²) in [4.78, 5) is 29.7. The van der Waals surface area contributed by atoms with Gasteiger partial charge in [-0.15, -0.1) is 0 Å². The summed E-state index contributed by atoms with van der Waals surface area (Å²) < 4.78 is 1.71. The SMILES string of the molecule is CC[C@H](C)n1c(SCC(=O)N[C@H](C)C(C)C)nc2ccccc2c1=O. The summed E-state index contributed by atoms with van der Waals surface area (Å²) in [6, 6.07) is 7.50. The Hall–Kier alpha value is -1.82. The van der Waals surface area contributed by atoms with Gasteiger partial charge in [-0.2, -0.15) is 0 Å². The molecule has 0 radical (unpaired) electrons. The van der Waals surface area contributed by atoms with Crippen LogP contribution in [0.25, 0.3) is 10.9 Å². The number of para-hydroxylation sites is 1. The quantitative estimate of drug-likeness (QED) is 0.604. The average molecular weight is 362 g/mol. The number of hydrogen-bond donors (Lipinski definition) is 1. The third-order valence-corrected chi connectivity index (χ3v) is 5.48. The van der Waals surface area contributed by atoms with Crippen LogP contribution in [0.1, 0.15) is 47.1 Å². The molecule has 0 saturated heterocycles. The number of amides is 1. The molecule has 1 N–H and O–H groups in total. The summed E-state index contributed by atoms with van der Waals surface area (Å²) in [5, 5.41) is 4.21. The number of fused-ring (bicyclic) bond motifs is 1. The molecule has 0 fully saturated rings. The van der Waals surface area contributed by atoms with Gasteiger partial charge in [-0.1, -0.05) is 44.7 Å². The highest BCUT2D eigenvalue weighted by molar-refractivity contribution is 7.99. The standard InChI is InChI=1S/C19H27N3O2S/c1-6-13(4)22-18(24)15-9-7-8-10-16(15)21-19(22)25-11-17(23)20-14(5)12(2)3/h7-10,12-14H,6,11H2,1-5H3,(H,20,23)/t13-,14+/m0/s1. The van der Waals surface area contributed by atoms with Crippen molar-refractivity contribution in [2.75, 3.05) is 5.75 Å². The van der Waals surface area contributed by atoms with Crippen molar-refractivity contribution in [1.82, 2.24) is 14.9 Å². The summed E-state index contributed by atoms with van der Waals surface area (Å²) >= 11 is 1.32. The van der Waals surface area contributed by atoms with Gasteiger partial charge >= 0.3 is 0 Å². The van der Waals surface area contributed by atoms with Gasteiger partial charge in [0.05, 0.1) is 16.7 Å². The van der Waals surface area contributed by atoms with Crippen molar-refractivity contribution in [3.05, 3.63) is 34.6 Å². The molecule has 1 amide bonds. The van der Waals surface area contributed by atoms with E-state index in [0.717, 1.165) is 6.42 Å². The van der Waals surface area contributed by atoms with Gasteiger partial charge in [0.25, 0.3) is 5.56 Å². The predicted molar refractivity (Wildman–Crippen MR) is 104 cm³/mol. The number of benzene rings is 1. The molecule has 0 bridgehead atoms. The molecule has 0 spiro atoms. The van der Waals surface area contributed by atoms with Crippen molar-refractivity contribution in [3.8, 4) is 0 Å². The summed E-state index contributed by atoms with van der Waals surface area (Å²) in [6.07, 6.45) is 0.823. The molecule has 0 aliphatic rings. The molecular weight excluding hydrogens is 334 g/mol. The molecule has 2 atom stereocenters. The second-order valence-electron chi connectivity index (χ2n) is 6.73. The van der Waals surface area contributed by atoms with E-state index in [4.69, 9.17) is 0 Å². The largest absolute Gasteiger partial charge is 0.353 e. The maximum absolute atomic E-state index is 12.9. The minimum absolute atomic E-state index is 0.0322. The van der Waals surface area contributed by atoms with E-state index in [-0.39, 0.29) is 29.3 Å². The van der Waals surface area contributed by atoms with Crippen molar-refractivity contribution >= 4 is 28.6 Å². The van der Waals surface area contributed by atoms with Gasteiger partial charge in [0.2, 0.25) is 5.91 Å². The lowest BCUT2D eigenvalue weighted by Crippen LogP contribution is -2.37. The fourth-order valence-corrected chi connectivity index (χ4v) is 3.30. The van der Waals surface area contributed by atoms with Crippen LogP contribution in [-0.4, -0.2) is 27.3 Å². The second kappa shape index (κ2) is 8.52. The fourth-order valence-electron chi connectivity index (χ4n) is 2.39. The smallest absolute Gasteiger partial charge is 0.262 e. The van der Waals surface area contributed by atoms with Crippen LogP contribution in [0.5, 0.6) is 0 Å². The lowest BCUT2D eigenvalue weighted by molar-refractivity contribution is -0.119. The molecule has 0 unspecified atom stereocenters. The third-order valence-electron chi connectivity index (χ3n) is 4.53. The summed E-state index contributed by atoms with van der Waals surface area (Å²) in [5.74, 6) is 0.591. The van der Waals surface area contributed by atoms with Crippen LogP contribution in [0.3, 0.4) is 0 Å². The molecule has 0 aliphatic carbocycles. The first kappa shape index (κ1) is 19.5. The molecule has 2 rings (SSSR count). The van der Waals surface area contributed by atoms with Crippen molar-refractivity contribution in [3.63, 3.8) is 0 Å². The molecule has 6 heteroatoms. The van der Waals surface area contributed by atoms with Crippen LogP contribution in [0.4, 0.5) is 0 Å². The fraction of sp³-hybridized carbons (Fsp3) is 0.526. The Morgan fingerprint density at radius 2 is 1.92 bits per heavy atom. The zero-order valence-corrected chi connectivity index (χ0v) is 16.4. The highest BCUT2D eigenvalue weighted by atomic mass is 32.2. The lowest BCUT2D eigenvalue weighted by Gasteiger charge is -2.19. The number of aromatic nitrogens is 2. The summed E-state index contributed by atoms with van der Waals surface area (Å²) in [5.41, 5.74) is 0.629. The maximum Gasteiger partial charge on any atom is 0.262 e. The summed E-state index contributed by atoms with van der Waals surface area (Å²) in [7, 11) is 0. The maximum atomic E-state index is 12.9. The van der Waals surface area contributed by atoms with Crippen molar-refractivity contribution < 1.29 is 4.79 Å². The van der Waals surface area contributed by atoms with Crippen LogP contribution in [-0.2, 0) is 4.79 Å². The van der Waals surface area contributed by atoms with E-state index >= 15 is 0 Å². The second-order valence-corrected chi connectivity index (χ2v) is 7.68. The Morgan fingerprint density at radius 3 is 2.56 bits per heavy atom. The Labute approximate surface area is 153 Å². The zero-order chi connectivity index (χ0) is 18.6. The molecular formula is C19H27N3O2S. The van der Waals surface area contributed by atoms with Crippen LogP contribution >= 0.6 is 11.8 Å². The van der Waals surface area contributed by atoms with E-state index in [1.54, 1.807) is 10.6 Å². The van der Waals surface area contributed by atoms with Gasteiger partial charge in [0.1, 0.15) is 0 Å². The Bertz CT molecular complexity index is 801. The third kappa shape index (κ3) is 4.63. The van der Waals surface area contributed by atoms with Gasteiger partial charge in [0, 0.05) is 12.1 Å². The minimum atomic E-state index is -0.0431. The lowest BCUT2D eigenvalue weighted by atomic mass is 10.1. The van der Waals surface area contributed by atoms with Gasteiger partial charge in [-0.05, 0) is 38.3 Å². The first-order chi connectivity index (χ1) is 11.8. The number of hydrogen-bond acceptors (Lipinski definition) is 4. The predicted octanol–water partition coefficient (Wildman–Crippen LogP) is 3.62. The van der Waals surface area contributed by atoms with Crippen molar-refractivity contribution in [2.24, 2.45) is 5.92 Å². The normalized spacial score (nSPS) is 13.8. The molecule has 1 aromatic carbocycles. The van der Waals surface area contributed by atoms with E-state index in [1.807, 2.05) is 39.0 Å². The average Bonchev–Trinajstić information content (AvgIpc) is 2.59. The zero-order valence-electron chi connectivity index (χ0n) is 15.6. The number of nitrogens with zero attached hydrogens (tertiary/aromatic N) is 2. The molecule has 0 saturated carbocycles. The highest BCUT2D eigenvalue weighted by Gasteiger charge is 2.17. The van der Waals surface area contributed by atoms with Gasteiger partial charge in [-0.3, -0.25) is 14.2 Å². The molecule has 1 aromatic heterocycles. The van der Waals surface area contributed by atoms with E-state index in [1.165, 1.54) is 11.8 Å².